The Hall–Kier alpha value is -2.76. The lowest BCUT2D eigenvalue weighted by molar-refractivity contribution is 0.0514. The Morgan fingerprint density at radius 3 is 2.36 bits per heavy atom. The van der Waals surface area contributed by atoms with Gasteiger partial charge in [0.25, 0.3) is 0 Å². The highest BCUT2D eigenvalue weighted by Crippen LogP contribution is 2.27. The summed E-state index contributed by atoms with van der Waals surface area (Å²) in [6.45, 7) is 5.43. The second-order valence-corrected chi connectivity index (χ2v) is 5.58. The highest BCUT2D eigenvalue weighted by molar-refractivity contribution is 6.03. The third kappa shape index (κ3) is 3.68. The third-order valence-corrected chi connectivity index (χ3v) is 4.11. The number of para-hydroxylation sites is 2. The molecule has 2 aromatic rings. The molecule has 2 rings (SSSR count). The molecule has 0 aliphatic rings. The molecule has 0 bridgehead atoms. The Kier molecular flexibility index (Phi) is 5.85. The summed E-state index contributed by atoms with van der Waals surface area (Å²) < 4.78 is 17.6. The van der Waals surface area contributed by atoms with Crippen LogP contribution in [0.2, 0.25) is 0 Å². The van der Waals surface area contributed by atoms with Gasteiger partial charge in [0.2, 0.25) is 5.78 Å². The first-order valence-corrected chi connectivity index (χ1v) is 8.04. The van der Waals surface area contributed by atoms with Gasteiger partial charge >= 0.3 is 5.97 Å². The largest absolute Gasteiger partial charge is 0.493 e. The standard InChI is InChI=1S/C19H23NO5/c1-6-24-19(22)18-12(2)17(13(3)20(18)4)14(21)11-25-16-10-8-7-9-15(16)23-5/h7-10H,6,11H2,1-5H3. The predicted molar refractivity (Wildman–Crippen MR) is 93.7 cm³/mol. The van der Waals surface area contributed by atoms with Crippen molar-refractivity contribution in [3.63, 3.8) is 0 Å². The Morgan fingerprint density at radius 1 is 1.12 bits per heavy atom. The van der Waals surface area contributed by atoms with Gasteiger partial charge in [-0.1, -0.05) is 12.1 Å². The number of nitrogens with zero attached hydrogens (tertiary/aromatic N) is 1. The summed E-state index contributed by atoms with van der Waals surface area (Å²) in [5, 5.41) is 0. The van der Waals surface area contributed by atoms with Gasteiger partial charge in [-0.25, -0.2) is 4.79 Å². The number of methoxy groups -OCH3 is 1. The number of ether oxygens (including phenoxy) is 3. The highest BCUT2D eigenvalue weighted by atomic mass is 16.5. The Morgan fingerprint density at radius 2 is 1.76 bits per heavy atom. The van der Waals surface area contributed by atoms with Crippen molar-refractivity contribution in [2.75, 3.05) is 20.3 Å². The van der Waals surface area contributed by atoms with E-state index >= 15 is 0 Å². The van der Waals surface area contributed by atoms with Crippen molar-refractivity contribution in [2.24, 2.45) is 7.05 Å². The van der Waals surface area contributed by atoms with Gasteiger partial charge in [0.1, 0.15) is 5.69 Å². The molecule has 0 unspecified atom stereocenters. The zero-order valence-corrected chi connectivity index (χ0v) is 15.2. The first kappa shape index (κ1) is 18.6. The lowest BCUT2D eigenvalue weighted by atomic mass is 10.1. The SMILES string of the molecule is CCOC(=O)c1c(C)c(C(=O)COc2ccccc2OC)c(C)n1C. The minimum Gasteiger partial charge on any atom is -0.493 e. The number of carbonyl (C=O) groups is 2. The molecule has 6 nitrogen and oxygen atoms in total. The van der Waals surface area contributed by atoms with Gasteiger partial charge in [0, 0.05) is 18.3 Å². The van der Waals surface area contributed by atoms with Gasteiger partial charge in [-0.2, -0.15) is 0 Å². The van der Waals surface area contributed by atoms with Crippen molar-refractivity contribution in [1.29, 1.82) is 0 Å². The molecule has 0 fully saturated rings. The molecule has 0 spiro atoms. The van der Waals surface area contributed by atoms with Crippen LogP contribution in [0.15, 0.2) is 24.3 Å². The maximum absolute atomic E-state index is 12.7. The summed E-state index contributed by atoms with van der Waals surface area (Å²) in [6, 6.07) is 7.13. The molecular formula is C19H23NO5. The van der Waals surface area contributed by atoms with Gasteiger partial charge in [-0.3, -0.25) is 4.79 Å². The molecule has 0 aliphatic heterocycles. The predicted octanol–water partition coefficient (Wildman–Crippen LogP) is 3.09. The summed E-state index contributed by atoms with van der Waals surface area (Å²) in [7, 11) is 3.29. The summed E-state index contributed by atoms with van der Waals surface area (Å²) in [5.41, 5.74) is 2.18. The molecule has 0 saturated carbocycles. The van der Waals surface area contributed by atoms with Crippen LogP contribution in [0.5, 0.6) is 11.5 Å². The molecule has 0 saturated heterocycles. The van der Waals surface area contributed by atoms with Gasteiger partial charge in [-0.15, -0.1) is 0 Å². The quantitative estimate of drug-likeness (QED) is 0.570. The van der Waals surface area contributed by atoms with Crippen LogP contribution in [0, 0.1) is 13.8 Å². The van der Waals surface area contributed by atoms with Crippen LogP contribution in [0.25, 0.3) is 0 Å². The lowest BCUT2D eigenvalue weighted by Gasteiger charge is -2.10. The summed E-state index contributed by atoms with van der Waals surface area (Å²) in [6.07, 6.45) is 0. The van der Waals surface area contributed by atoms with Crippen molar-refractivity contribution in [1.82, 2.24) is 4.57 Å². The molecule has 134 valence electrons. The van der Waals surface area contributed by atoms with Crippen LogP contribution >= 0.6 is 0 Å². The molecule has 0 radical (unpaired) electrons. The van der Waals surface area contributed by atoms with E-state index in [0.717, 1.165) is 0 Å². The normalized spacial score (nSPS) is 10.4. The number of aromatic nitrogens is 1. The van der Waals surface area contributed by atoms with Crippen molar-refractivity contribution >= 4 is 11.8 Å². The molecule has 0 atom stereocenters. The van der Waals surface area contributed by atoms with Gasteiger partial charge in [0.15, 0.2) is 18.1 Å². The van der Waals surface area contributed by atoms with Gasteiger partial charge in [0.05, 0.1) is 13.7 Å². The van der Waals surface area contributed by atoms with E-state index in [1.54, 1.807) is 57.7 Å². The Bertz CT molecular complexity index is 791. The fourth-order valence-corrected chi connectivity index (χ4v) is 2.83. The minimum absolute atomic E-state index is 0.145. The summed E-state index contributed by atoms with van der Waals surface area (Å²) in [5.74, 6) is 0.418. The van der Waals surface area contributed by atoms with Crippen LogP contribution in [0.1, 0.15) is 39.0 Å². The number of hydrogen-bond donors (Lipinski definition) is 0. The molecule has 1 heterocycles. The van der Waals surface area contributed by atoms with Crippen molar-refractivity contribution in [3.8, 4) is 11.5 Å². The summed E-state index contributed by atoms with van der Waals surface area (Å²) in [4.78, 5) is 24.8. The highest BCUT2D eigenvalue weighted by Gasteiger charge is 2.25. The van der Waals surface area contributed by atoms with E-state index < -0.39 is 5.97 Å². The molecule has 0 N–H and O–H groups in total. The van der Waals surface area contributed by atoms with E-state index in [1.165, 1.54) is 0 Å². The molecule has 0 aliphatic carbocycles. The maximum Gasteiger partial charge on any atom is 0.355 e. The summed E-state index contributed by atoms with van der Waals surface area (Å²) >= 11 is 0. The number of ketones is 1. The first-order valence-electron chi connectivity index (χ1n) is 8.04. The number of rotatable bonds is 7. The molecule has 1 aromatic heterocycles. The lowest BCUT2D eigenvalue weighted by Crippen LogP contribution is -2.14. The van der Waals surface area contributed by atoms with E-state index in [-0.39, 0.29) is 19.0 Å². The number of hydrogen-bond acceptors (Lipinski definition) is 5. The first-order chi connectivity index (χ1) is 11.9. The monoisotopic (exact) mass is 345 g/mol. The van der Waals surface area contributed by atoms with E-state index in [9.17, 15) is 9.59 Å². The van der Waals surface area contributed by atoms with E-state index in [0.29, 0.717) is 34.0 Å². The zero-order chi connectivity index (χ0) is 18.6. The Labute approximate surface area is 147 Å². The number of esters is 1. The van der Waals surface area contributed by atoms with Crippen molar-refractivity contribution < 1.29 is 23.8 Å². The second-order valence-electron chi connectivity index (χ2n) is 5.58. The van der Waals surface area contributed by atoms with Crippen molar-refractivity contribution in [3.05, 3.63) is 46.8 Å². The van der Waals surface area contributed by atoms with Crippen LogP contribution < -0.4 is 9.47 Å². The molecule has 0 amide bonds. The maximum atomic E-state index is 12.7. The topological polar surface area (TPSA) is 66.8 Å². The number of carbonyl (C=O) groups excluding carboxylic acids is 2. The fraction of sp³-hybridized carbons (Fsp3) is 0.368. The van der Waals surface area contributed by atoms with E-state index in [4.69, 9.17) is 14.2 Å². The van der Waals surface area contributed by atoms with Crippen LogP contribution in [-0.4, -0.2) is 36.6 Å². The van der Waals surface area contributed by atoms with E-state index in [2.05, 4.69) is 0 Å². The Balaban J connectivity index is 2.25. The second kappa shape index (κ2) is 7.88. The molecular weight excluding hydrogens is 322 g/mol. The minimum atomic E-state index is -0.435. The molecule has 25 heavy (non-hydrogen) atoms. The number of Topliss-reactive ketones (excluding diaryl/α,β-unsaturated/α-hetero) is 1. The fourth-order valence-electron chi connectivity index (χ4n) is 2.83. The third-order valence-electron chi connectivity index (χ3n) is 4.11. The molecule has 1 aromatic carbocycles. The van der Waals surface area contributed by atoms with Crippen LogP contribution in [0.4, 0.5) is 0 Å². The van der Waals surface area contributed by atoms with Gasteiger partial charge in [-0.05, 0) is 38.5 Å². The van der Waals surface area contributed by atoms with Crippen molar-refractivity contribution in [2.45, 2.75) is 20.8 Å². The number of benzene rings is 1. The zero-order valence-electron chi connectivity index (χ0n) is 15.2. The smallest absolute Gasteiger partial charge is 0.355 e. The van der Waals surface area contributed by atoms with Gasteiger partial charge < -0.3 is 18.8 Å². The average Bonchev–Trinajstić information content (AvgIpc) is 2.82. The average molecular weight is 345 g/mol. The van der Waals surface area contributed by atoms with E-state index in [1.807, 2.05) is 6.07 Å². The molecule has 6 heteroatoms. The van der Waals surface area contributed by atoms with Crippen LogP contribution in [-0.2, 0) is 11.8 Å². The van der Waals surface area contributed by atoms with Crippen LogP contribution in [0.3, 0.4) is 0 Å².